The van der Waals surface area contributed by atoms with Crippen LogP contribution < -0.4 is 15.1 Å². The summed E-state index contributed by atoms with van der Waals surface area (Å²) in [6.07, 6.45) is 1.84. The van der Waals surface area contributed by atoms with Gasteiger partial charge in [0.05, 0.1) is 11.4 Å². The fourth-order valence-electron chi connectivity index (χ4n) is 3.99. The number of benzene rings is 3. The van der Waals surface area contributed by atoms with Crippen LogP contribution in [0.25, 0.3) is 10.9 Å². The molecular formula is C32H38BrN3O3Si. The molecule has 6 nitrogen and oxygen atoms in total. The molecule has 0 saturated heterocycles. The van der Waals surface area contributed by atoms with Crippen LogP contribution in [-0.4, -0.2) is 25.1 Å². The van der Waals surface area contributed by atoms with Crippen LogP contribution in [0.3, 0.4) is 0 Å². The van der Waals surface area contributed by atoms with Gasteiger partial charge in [0.2, 0.25) is 8.32 Å². The second kappa shape index (κ2) is 10.9. The highest BCUT2D eigenvalue weighted by Gasteiger charge is 2.39. The highest BCUT2D eigenvalue weighted by molar-refractivity contribution is 9.10. The van der Waals surface area contributed by atoms with Crippen LogP contribution in [0.5, 0.6) is 5.75 Å². The zero-order chi connectivity index (χ0) is 29.5. The van der Waals surface area contributed by atoms with Gasteiger partial charge in [0.15, 0.2) is 0 Å². The summed E-state index contributed by atoms with van der Waals surface area (Å²) in [7, 11) is -2.13. The molecule has 3 N–H and O–H groups in total. The van der Waals surface area contributed by atoms with E-state index >= 15 is 0 Å². The van der Waals surface area contributed by atoms with Gasteiger partial charge in [-0.05, 0) is 81.4 Å². The SMILES string of the molecule is CC(C)(C)c1ccc(C(=O)Nc2cc(O[Si](C)(C)C(C)(C)C)ccc2NC(=O)c2ccc3c(Br)c[nH]c3c2)cc1. The number of carbonyl (C=O) groups is 2. The number of carbonyl (C=O) groups excluding carboxylic acids is 2. The van der Waals surface area contributed by atoms with Gasteiger partial charge in [-0.1, -0.05) is 59.7 Å². The van der Waals surface area contributed by atoms with Gasteiger partial charge in [-0.25, -0.2) is 0 Å². The molecule has 4 aromatic rings. The quantitative estimate of drug-likeness (QED) is 0.188. The highest BCUT2D eigenvalue weighted by Crippen LogP contribution is 2.39. The Hall–Kier alpha value is -3.36. The molecule has 3 aromatic carbocycles. The number of aromatic amines is 1. The zero-order valence-electron chi connectivity index (χ0n) is 24.5. The Morgan fingerprint density at radius 3 is 2.02 bits per heavy atom. The Balaban J connectivity index is 1.65. The minimum absolute atomic E-state index is 0.00353. The van der Waals surface area contributed by atoms with Crippen molar-refractivity contribution in [1.29, 1.82) is 0 Å². The molecule has 0 aliphatic carbocycles. The monoisotopic (exact) mass is 619 g/mol. The molecule has 0 aliphatic heterocycles. The minimum Gasteiger partial charge on any atom is -0.543 e. The molecule has 0 unspecified atom stereocenters. The number of aromatic nitrogens is 1. The van der Waals surface area contributed by atoms with Crippen LogP contribution in [0.15, 0.2) is 71.3 Å². The van der Waals surface area contributed by atoms with E-state index in [9.17, 15) is 9.59 Å². The van der Waals surface area contributed by atoms with E-state index in [0.29, 0.717) is 28.3 Å². The van der Waals surface area contributed by atoms with E-state index in [0.717, 1.165) is 20.9 Å². The minimum atomic E-state index is -2.13. The summed E-state index contributed by atoms with van der Waals surface area (Å²) in [5.41, 5.74) is 3.97. The van der Waals surface area contributed by atoms with E-state index < -0.39 is 8.32 Å². The summed E-state index contributed by atoms with van der Waals surface area (Å²) < 4.78 is 7.45. The number of hydrogen-bond donors (Lipinski definition) is 3. The molecule has 8 heteroatoms. The maximum Gasteiger partial charge on any atom is 0.255 e. The third kappa shape index (κ3) is 6.50. The van der Waals surface area contributed by atoms with E-state index in [2.05, 4.69) is 86.2 Å². The lowest BCUT2D eigenvalue weighted by molar-refractivity contribution is 0.101. The Kier molecular flexibility index (Phi) is 8.07. The molecule has 0 bridgehead atoms. The number of fused-ring (bicyclic) bond motifs is 1. The first-order valence-electron chi connectivity index (χ1n) is 13.4. The van der Waals surface area contributed by atoms with Crippen molar-refractivity contribution in [3.8, 4) is 5.75 Å². The van der Waals surface area contributed by atoms with Crippen LogP contribution in [-0.2, 0) is 5.41 Å². The predicted octanol–water partition coefficient (Wildman–Crippen LogP) is 9.12. The Bertz CT molecular complexity index is 1560. The summed E-state index contributed by atoms with van der Waals surface area (Å²) in [5, 5.41) is 6.99. The predicted molar refractivity (Wildman–Crippen MR) is 171 cm³/mol. The molecule has 1 heterocycles. The summed E-state index contributed by atoms with van der Waals surface area (Å²) in [4.78, 5) is 29.8. The standard InChI is InChI=1S/C32H38BrN3O3Si/c1-31(2,3)22-12-9-20(10-13-22)29(37)36-28-18-23(39-40(7,8)32(4,5)6)14-16-26(28)35-30(38)21-11-15-24-25(33)19-34-27(24)17-21/h9-19,34H,1-8H3,(H,35,38)(H,36,37). The maximum absolute atomic E-state index is 13.3. The third-order valence-electron chi connectivity index (χ3n) is 7.57. The number of rotatable bonds is 6. The molecule has 0 atom stereocenters. The first-order valence-corrected chi connectivity index (χ1v) is 17.1. The van der Waals surface area contributed by atoms with E-state index in [1.807, 2.05) is 42.6 Å². The Morgan fingerprint density at radius 2 is 1.40 bits per heavy atom. The van der Waals surface area contributed by atoms with Gasteiger partial charge < -0.3 is 20.0 Å². The fourth-order valence-corrected chi connectivity index (χ4v) is 5.47. The Labute approximate surface area is 246 Å². The zero-order valence-corrected chi connectivity index (χ0v) is 27.0. The van der Waals surface area contributed by atoms with Gasteiger partial charge in [0, 0.05) is 38.8 Å². The van der Waals surface area contributed by atoms with Gasteiger partial charge in [-0.15, -0.1) is 0 Å². The molecule has 0 radical (unpaired) electrons. The van der Waals surface area contributed by atoms with E-state index in [1.54, 1.807) is 24.3 Å². The fraction of sp³-hybridized carbons (Fsp3) is 0.312. The number of H-pyrrole nitrogens is 1. The van der Waals surface area contributed by atoms with Crippen molar-refractivity contribution in [2.75, 3.05) is 10.6 Å². The molecule has 40 heavy (non-hydrogen) atoms. The van der Waals surface area contributed by atoms with Gasteiger partial charge >= 0.3 is 0 Å². The molecule has 0 aliphatic rings. The van der Waals surface area contributed by atoms with Crippen LogP contribution in [0.4, 0.5) is 11.4 Å². The number of halogens is 1. The number of nitrogens with one attached hydrogen (secondary N) is 3. The second-order valence-electron chi connectivity index (χ2n) is 12.7. The average Bonchev–Trinajstić information content (AvgIpc) is 3.24. The maximum atomic E-state index is 13.3. The van der Waals surface area contributed by atoms with E-state index in [4.69, 9.17) is 4.43 Å². The van der Waals surface area contributed by atoms with Crippen molar-refractivity contribution < 1.29 is 14.0 Å². The number of hydrogen-bond acceptors (Lipinski definition) is 3. The lowest BCUT2D eigenvalue weighted by Crippen LogP contribution is -2.43. The van der Waals surface area contributed by atoms with Crippen LogP contribution >= 0.6 is 15.9 Å². The normalized spacial score (nSPS) is 12.3. The third-order valence-corrected chi connectivity index (χ3v) is 12.6. The van der Waals surface area contributed by atoms with Crippen LogP contribution in [0.2, 0.25) is 18.1 Å². The average molecular weight is 621 g/mol. The molecule has 0 spiro atoms. The van der Waals surface area contributed by atoms with Crippen molar-refractivity contribution in [2.45, 2.75) is 65.1 Å². The number of anilines is 2. The van der Waals surface area contributed by atoms with Gasteiger partial charge in [-0.3, -0.25) is 9.59 Å². The molecule has 0 fully saturated rings. The summed E-state index contributed by atoms with van der Waals surface area (Å²) in [6.45, 7) is 17.3. The smallest absolute Gasteiger partial charge is 0.255 e. The lowest BCUT2D eigenvalue weighted by atomic mass is 9.87. The first kappa shape index (κ1) is 29.6. The van der Waals surface area contributed by atoms with E-state index in [1.165, 1.54) is 0 Å². The largest absolute Gasteiger partial charge is 0.543 e. The van der Waals surface area contributed by atoms with Crippen molar-refractivity contribution in [1.82, 2.24) is 4.98 Å². The Morgan fingerprint density at radius 1 is 0.800 bits per heavy atom. The van der Waals surface area contributed by atoms with Crippen molar-refractivity contribution in [3.05, 3.63) is 88.0 Å². The van der Waals surface area contributed by atoms with Gasteiger partial charge in [0.25, 0.3) is 11.8 Å². The van der Waals surface area contributed by atoms with Crippen LogP contribution in [0, 0.1) is 0 Å². The summed E-state index contributed by atoms with van der Waals surface area (Å²) >= 11 is 3.51. The van der Waals surface area contributed by atoms with Crippen molar-refractivity contribution >= 4 is 58.3 Å². The van der Waals surface area contributed by atoms with Gasteiger partial charge in [0.1, 0.15) is 5.75 Å². The molecule has 1 aromatic heterocycles. The summed E-state index contributed by atoms with van der Waals surface area (Å²) in [5.74, 6) is 0.106. The molecular weight excluding hydrogens is 582 g/mol. The highest BCUT2D eigenvalue weighted by atomic mass is 79.9. The van der Waals surface area contributed by atoms with Crippen molar-refractivity contribution in [3.63, 3.8) is 0 Å². The van der Waals surface area contributed by atoms with Crippen LogP contribution in [0.1, 0.15) is 67.8 Å². The topological polar surface area (TPSA) is 83.2 Å². The summed E-state index contributed by atoms with van der Waals surface area (Å²) in [6, 6.07) is 18.5. The molecule has 2 amide bonds. The van der Waals surface area contributed by atoms with E-state index in [-0.39, 0.29) is 22.3 Å². The second-order valence-corrected chi connectivity index (χ2v) is 18.3. The molecule has 4 rings (SSSR count). The van der Waals surface area contributed by atoms with Crippen molar-refractivity contribution in [2.24, 2.45) is 0 Å². The molecule has 0 saturated carbocycles. The number of amides is 2. The molecule has 210 valence electrons. The first-order chi connectivity index (χ1) is 18.5. The van der Waals surface area contributed by atoms with Gasteiger partial charge in [-0.2, -0.15) is 0 Å². The lowest BCUT2D eigenvalue weighted by Gasteiger charge is -2.36.